The minimum Gasteiger partial charge on any atom is -0.333 e. The minimum atomic E-state index is -3.42. The van der Waals surface area contributed by atoms with Gasteiger partial charge in [0.2, 0.25) is 10.0 Å². The Morgan fingerprint density at radius 3 is 2.52 bits per heavy atom. The molecule has 1 N–H and O–H groups in total. The van der Waals surface area contributed by atoms with Crippen molar-refractivity contribution in [3.63, 3.8) is 0 Å². The highest BCUT2D eigenvalue weighted by atomic mass is 32.2. The molecule has 0 bridgehead atoms. The quantitative estimate of drug-likeness (QED) is 0.745. The third-order valence-corrected chi connectivity index (χ3v) is 4.57. The van der Waals surface area contributed by atoms with Crippen molar-refractivity contribution in [3.05, 3.63) is 59.4 Å². The van der Waals surface area contributed by atoms with Crippen molar-refractivity contribution in [3.8, 4) is 0 Å². The molecule has 2 rings (SSSR count). The molecule has 0 unspecified atom stereocenters. The predicted molar refractivity (Wildman–Crippen MR) is 107 cm³/mol. The molecule has 0 aliphatic heterocycles. The molecule has 1 amide bonds. The SMILES string of the molecule is Cc1ccc(C(=O)N(CCN(C)C)Cc2cccnc2)cc1NS(C)(=O)=O. The number of hydrogen-bond donors (Lipinski definition) is 1. The molecular weight excluding hydrogens is 364 g/mol. The zero-order chi connectivity index (χ0) is 20.0. The second-order valence-electron chi connectivity index (χ2n) is 6.80. The van der Waals surface area contributed by atoms with Crippen LogP contribution in [0.4, 0.5) is 5.69 Å². The van der Waals surface area contributed by atoms with Crippen molar-refractivity contribution < 1.29 is 13.2 Å². The van der Waals surface area contributed by atoms with Crippen LogP contribution in [0.25, 0.3) is 0 Å². The van der Waals surface area contributed by atoms with Crippen LogP contribution < -0.4 is 4.72 Å². The van der Waals surface area contributed by atoms with E-state index in [1.165, 1.54) is 0 Å². The average Bonchev–Trinajstić information content (AvgIpc) is 2.59. The summed E-state index contributed by atoms with van der Waals surface area (Å²) in [6.45, 7) is 3.49. The minimum absolute atomic E-state index is 0.155. The third kappa shape index (κ3) is 6.65. The van der Waals surface area contributed by atoms with E-state index in [4.69, 9.17) is 0 Å². The number of likely N-dealkylation sites (N-methyl/N-ethyl adjacent to an activating group) is 1. The van der Waals surface area contributed by atoms with E-state index in [2.05, 4.69) is 9.71 Å². The van der Waals surface area contributed by atoms with Gasteiger partial charge in [0.25, 0.3) is 5.91 Å². The Bertz CT molecular complexity index is 883. The molecule has 8 heteroatoms. The number of sulfonamides is 1. The maximum atomic E-state index is 13.1. The Morgan fingerprint density at radius 1 is 1.19 bits per heavy atom. The summed E-state index contributed by atoms with van der Waals surface area (Å²) in [5, 5.41) is 0. The molecule has 0 radical (unpaired) electrons. The molecular formula is C19H26N4O3S. The average molecular weight is 391 g/mol. The maximum Gasteiger partial charge on any atom is 0.254 e. The van der Waals surface area contributed by atoms with Crippen LogP contribution in [0.1, 0.15) is 21.5 Å². The summed E-state index contributed by atoms with van der Waals surface area (Å²) >= 11 is 0. The number of carbonyl (C=O) groups is 1. The molecule has 7 nitrogen and oxygen atoms in total. The molecule has 27 heavy (non-hydrogen) atoms. The van der Waals surface area contributed by atoms with Gasteiger partial charge in [0.05, 0.1) is 11.9 Å². The van der Waals surface area contributed by atoms with Gasteiger partial charge in [-0.25, -0.2) is 8.42 Å². The molecule has 0 saturated heterocycles. The molecule has 146 valence electrons. The van der Waals surface area contributed by atoms with Crippen LogP contribution in [0, 0.1) is 6.92 Å². The number of aryl methyl sites for hydroxylation is 1. The van der Waals surface area contributed by atoms with Gasteiger partial charge in [0.1, 0.15) is 0 Å². The summed E-state index contributed by atoms with van der Waals surface area (Å²) in [6.07, 6.45) is 4.52. The lowest BCUT2D eigenvalue weighted by Crippen LogP contribution is -2.36. The largest absolute Gasteiger partial charge is 0.333 e. The van der Waals surface area contributed by atoms with E-state index in [0.29, 0.717) is 30.9 Å². The first-order valence-electron chi connectivity index (χ1n) is 8.57. The van der Waals surface area contributed by atoms with Crippen molar-refractivity contribution in [1.29, 1.82) is 0 Å². The third-order valence-electron chi connectivity index (χ3n) is 3.98. The van der Waals surface area contributed by atoms with Crippen LogP contribution in [0.5, 0.6) is 0 Å². The molecule has 1 aromatic heterocycles. The molecule has 2 aromatic rings. The van der Waals surface area contributed by atoms with Gasteiger partial charge in [-0.2, -0.15) is 0 Å². The summed E-state index contributed by atoms with van der Waals surface area (Å²) in [5.41, 5.74) is 2.54. The highest BCUT2D eigenvalue weighted by Gasteiger charge is 2.18. The van der Waals surface area contributed by atoms with Gasteiger partial charge >= 0.3 is 0 Å². The number of amides is 1. The van der Waals surface area contributed by atoms with Crippen molar-refractivity contribution >= 4 is 21.6 Å². The number of aromatic nitrogens is 1. The first-order chi connectivity index (χ1) is 12.7. The molecule has 0 fully saturated rings. The fourth-order valence-electron chi connectivity index (χ4n) is 2.53. The molecule has 0 aliphatic carbocycles. The summed E-state index contributed by atoms with van der Waals surface area (Å²) < 4.78 is 25.6. The summed E-state index contributed by atoms with van der Waals surface area (Å²) in [4.78, 5) is 21.0. The van der Waals surface area contributed by atoms with Crippen molar-refractivity contribution in [2.24, 2.45) is 0 Å². The van der Waals surface area contributed by atoms with E-state index in [-0.39, 0.29) is 5.91 Å². The van der Waals surface area contributed by atoms with Gasteiger partial charge in [-0.3, -0.25) is 14.5 Å². The molecule has 0 atom stereocenters. The Kier molecular flexibility index (Phi) is 6.92. The van der Waals surface area contributed by atoms with Crippen LogP contribution >= 0.6 is 0 Å². The van der Waals surface area contributed by atoms with E-state index in [1.54, 1.807) is 42.4 Å². The standard InChI is InChI=1S/C19H26N4O3S/c1-15-7-8-17(12-18(15)21-27(4,25)26)19(24)23(11-10-22(2)3)14-16-6-5-9-20-13-16/h5-9,12-13,21H,10-11,14H2,1-4H3. The van der Waals surface area contributed by atoms with Gasteiger partial charge in [0, 0.05) is 37.6 Å². The molecule has 0 saturated carbocycles. The highest BCUT2D eigenvalue weighted by Crippen LogP contribution is 2.20. The Labute approximate surface area is 161 Å². The summed E-state index contributed by atoms with van der Waals surface area (Å²) in [7, 11) is 0.480. The number of benzene rings is 1. The molecule has 0 aliphatic rings. The lowest BCUT2D eigenvalue weighted by atomic mass is 10.1. The molecule has 1 aromatic carbocycles. The topological polar surface area (TPSA) is 82.6 Å². The summed E-state index contributed by atoms with van der Waals surface area (Å²) in [5.74, 6) is -0.155. The Hall–Kier alpha value is -2.45. The Morgan fingerprint density at radius 2 is 1.93 bits per heavy atom. The summed E-state index contributed by atoms with van der Waals surface area (Å²) in [6, 6.07) is 8.81. The number of anilines is 1. The second-order valence-corrected chi connectivity index (χ2v) is 8.54. The van der Waals surface area contributed by atoms with Gasteiger partial charge < -0.3 is 9.80 Å². The fourth-order valence-corrected chi connectivity index (χ4v) is 3.15. The highest BCUT2D eigenvalue weighted by molar-refractivity contribution is 7.92. The van der Waals surface area contributed by atoms with E-state index >= 15 is 0 Å². The number of rotatable bonds is 8. The maximum absolute atomic E-state index is 13.1. The monoisotopic (exact) mass is 390 g/mol. The van der Waals surface area contributed by atoms with Crippen LogP contribution in [-0.4, -0.2) is 62.5 Å². The molecule has 0 spiro atoms. The zero-order valence-electron chi connectivity index (χ0n) is 16.1. The fraction of sp³-hybridized carbons (Fsp3) is 0.368. The number of nitrogens with zero attached hydrogens (tertiary/aromatic N) is 3. The van der Waals surface area contributed by atoms with Gasteiger partial charge in [0.15, 0.2) is 0 Å². The van der Waals surface area contributed by atoms with Crippen molar-refractivity contribution in [2.45, 2.75) is 13.5 Å². The van der Waals surface area contributed by atoms with Gasteiger partial charge in [-0.1, -0.05) is 12.1 Å². The van der Waals surface area contributed by atoms with E-state index in [9.17, 15) is 13.2 Å². The van der Waals surface area contributed by atoms with E-state index < -0.39 is 10.0 Å². The second kappa shape index (κ2) is 8.96. The number of hydrogen-bond acceptors (Lipinski definition) is 5. The molecule has 1 heterocycles. The number of pyridine rings is 1. The normalized spacial score (nSPS) is 11.4. The van der Waals surface area contributed by atoms with Crippen LogP contribution in [0.15, 0.2) is 42.7 Å². The lowest BCUT2D eigenvalue weighted by Gasteiger charge is -2.25. The van der Waals surface area contributed by atoms with Crippen LogP contribution in [0.3, 0.4) is 0 Å². The van der Waals surface area contributed by atoms with Crippen LogP contribution in [0.2, 0.25) is 0 Å². The predicted octanol–water partition coefficient (Wildman–Crippen LogP) is 1.97. The zero-order valence-corrected chi connectivity index (χ0v) is 17.0. The van der Waals surface area contributed by atoms with Crippen LogP contribution in [-0.2, 0) is 16.6 Å². The van der Waals surface area contributed by atoms with Gasteiger partial charge in [-0.15, -0.1) is 0 Å². The van der Waals surface area contributed by atoms with Gasteiger partial charge in [-0.05, 0) is 50.3 Å². The Balaban J connectivity index is 2.29. The first-order valence-corrected chi connectivity index (χ1v) is 10.5. The number of carbonyl (C=O) groups excluding carboxylic acids is 1. The van der Waals surface area contributed by atoms with E-state index in [0.717, 1.165) is 17.4 Å². The number of nitrogens with one attached hydrogen (secondary N) is 1. The van der Waals surface area contributed by atoms with Crippen molar-refractivity contribution in [2.75, 3.05) is 38.2 Å². The smallest absolute Gasteiger partial charge is 0.254 e. The van der Waals surface area contributed by atoms with Crippen molar-refractivity contribution in [1.82, 2.24) is 14.8 Å². The lowest BCUT2D eigenvalue weighted by molar-refractivity contribution is 0.0732. The van der Waals surface area contributed by atoms with E-state index in [1.807, 2.05) is 31.1 Å². The first kappa shape index (κ1) is 20.9.